The van der Waals surface area contributed by atoms with E-state index in [0.29, 0.717) is 36.9 Å². The van der Waals surface area contributed by atoms with Gasteiger partial charge >= 0.3 is 0 Å². The van der Waals surface area contributed by atoms with E-state index in [1.165, 1.54) is 21.1 Å². The van der Waals surface area contributed by atoms with Crippen molar-refractivity contribution in [3.05, 3.63) is 65.4 Å². The van der Waals surface area contributed by atoms with Crippen LogP contribution in [-0.2, 0) is 23.5 Å². The van der Waals surface area contributed by atoms with Crippen molar-refractivity contribution in [3.8, 4) is 0 Å². The average Bonchev–Trinajstić information content (AvgIpc) is 3.30. The van der Waals surface area contributed by atoms with Gasteiger partial charge in [-0.25, -0.2) is 17.8 Å². The lowest BCUT2D eigenvalue weighted by molar-refractivity contribution is 0.281. The zero-order chi connectivity index (χ0) is 20.6. The fraction of sp³-hybridized carbons (Fsp3) is 0.400. The third-order valence-corrected chi connectivity index (χ3v) is 7.15. The van der Waals surface area contributed by atoms with Crippen LogP contribution in [0.2, 0.25) is 0 Å². The zero-order valence-electron chi connectivity index (χ0n) is 16.4. The number of hydrogen-bond acceptors (Lipinski definition) is 5. The first-order chi connectivity index (χ1) is 13.8. The third-order valence-electron chi connectivity index (χ3n) is 5.18. The fourth-order valence-electron chi connectivity index (χ4n) is 3.73. The van der Waals surface area contributed by atoms with E-state index in [1.54, 1.807) is 38.5 Å². The van der Waals surface area contributed by atoms with Gasteiger partial charge in [0.2, 0.25) is 10.0 Å². The van der Waals surface area contributed by atoms with Gasteiger partial charge in [-0.3, -0.25) is 4.68 Å². The average molecular weight is 418 g/mol. The van der Waals surface area contributed by atoms with E-state index in [4.69, 9.17) is 4.42 Å². The molecular weight excluding hydrogens is 395 g/mol. The van der Waals surface area contributed by atoms with Crippen molar-refractivity contribution < 1.29 is 17.2 Å². The summed E-state index contributed by atoms with van der Waals surface area (Å²) in [4.78, 5) is 4.63. The van der Waals surface area contributed by atoms with Gasteiger partial charge in [0.25, 0.3) is 0 Å². The van der Waals surface area contributed by atoms with Crippen LogP contribution in [0.5, 0.6) is 0 Å². The summed E-state index contributed by atoms with van der Waals surface area (Å²) >= 11 is 0. The second-order valence-corrected chi connectivity index (χ2v) is 9.33. The summed E-state index contributed by atoms with van der Waals surface area (Å²) in [5.74, 6) is 0.844. The van der Waals surface area contributed by atoms with Gasteiger partial charge in [-0.15, -0.1) is 0 Å². The number of sulfonamides is 1. The lowest BCUT2D eigenvalue weighted by Gasteiger charge is -2.30. The first-order valence-electron chi connectivity index (χ1n) is 9.52. The molecule has 0 N–H and O–H groups in total. The Kier molecular flexibility index (Phi) is 5.26. The topological polar surface area (TPSA) is 81.2 Å². The van der Waals surface area contributed by atoms with E-state index in [0.717, 1.165) is 18.4 Å². The molecule has 0 bridgehead atoms. The van der Waals surface area contributed by atoms with E-state index < -0.39 is 10.0 Å². The Balaban J connectivity index is 1.49. The highest BCUT2D eigenvalue weighted by Gasteiger charge is 2.34. The van der Waals surface area contributed by atoms with Crippen molar-refractivity contribution >= 4 is 10.0 Å². The van der Waals surface area contributed by atoms with E-state index in [9.17, 15) is 12.8 Å². The highest BCUT2D eigenvalue weighted by atomic mass is 32.2. The highest BCUT2D eigenvalue weighted by molar-refractivity contribution is 7.89. The molecule has 154 valence electrons. The van der Waals surface area contributed by atoms with E-state index in [-0.39, 0.29) is 16.6 Å². The van der Waals surface area contributed by atoms with E-state index >= 15 is 0 Å². The van der Waals surface area contributed by atoms with Crippen LogP contribution in [0.25, 0.3) is 0 Å². The first kappa shape index (κ1) is 19.8. The predicted octanol–water partition coefficient (Wildman–Crippen LogP) is 3.01. The summed E-state index contributed by atoms with van der Waals surface area (Å²) in [6.45, 7) is 2.49. The molecule has 1 saturated heterocycles. The Morgan fingerprint density at radius 3 is 2.72 bits per heavy atom. The monoisotopic (exact) mass is 418 g/mol. The smallest absolute Gasteiger partial charge is 0.246 e. The maximum absolute atomic E-state index is 13.1. The van der Waals surface area contributed by atoms with Crippen LogP contribution in [0.4, 0.5) is 4.39 Å². The SMILES string of the molecule is Cc1nn(C)cc1S(=O)(=O)N1CCC[C@H](c2ncc(Cc3ccc(F)cc3)o2)C1. The lowest BCUT2D eigenvalue weighted by atomic mass is 10.00. The van der Waals surface area contributed by atoms with Gasteiger partial charge in [-0.2, -0.15) is 9.40 Å². The van der Waals surface area contributed by atoms with Gasteiger partial charge in [0, 0.05) is 38.7 Å². The number of oxazole rings is 1. The normalized spacial score (nSPS) is 18.2. The second kappa shape index (κ2) is 7.72. The number of aryl methyl sites for hydroxylation is 2. The molecule has 29 heavy (non-hydrogen) atoms. The molecule has 0 spiro atoms. The summed E-state index contributed by atoms with van der Waals surface area (Å²) in [6, 6.07) is 6.25. The molecule has 1 aromatic carbocycles. The molecule has 3 aromatic rings. The van der Waals surface area contributed by atoms with Crippen molar-refractivity contribution in [2.45, 2.75) is 37.0 Å². The number of piperidine rings is 1. The van der Waals surface area contributed by atoms with Crippen molar-refractivity contribution in [1.82, 2.24) is 19.1 Å². The molecule has 1 aliphatic rings. The summed E-state index contributed by atoms with van der Waals surface area (Å²) in [6.07, 6.45) is 5.27. The van der Waals surface area contributed by atoms with Crippen LogP contribution in [0.1, 0.15) is 41.7 Å². The Morgan fingerprint density at radius 1 is 1.28 bits per heavy atom. The Labute approximate surface area is 169 Å². The molecule has 0 saturated carbocycles. The molecule has 1 fully saturated rings. The maximum atomic E-state index is 13.1. The van der Waals surface area contributed by atoms with Gasteiger partial charge in [0.1, 0.15) is 16.5 Å². The minimum absolute atomic E-state index is 0.0996. The van der Waals surface area contributed by atoms with Crippen LogP contribution in [0.15, 0.2) is 46.0 Å². The number of hydrogen-bond donors (Lipinski definition) is 0. The number of benzene rings is 1. The van der Waals surface area contributed by atoms with Gasteiger partial charge in [-0.05, 0) is 37.5 Å². The molecule has 7 nitrogen and oxygen atoms in total. The first-order valence-corrected chi connectivity index (χ1v) is 11.0. The summed E-state index contributed by atoms with van der Waals surface area (Å²) in [5, 5.41) is 4.15. The second-order valence-electron chi connectivity index (χ2n) is 7.42. The maximum Gasteiger partial charge on any atom is 0.246 e. The molecule has 4 rings (SSSR count). The lowest BCUT2D eigenvalue weighted by Crippen LogP contribution is -2.39. The molecule has 2 aromatic heterocycles. The summed E-state index contributed by atoms with van der Waals surface area (Å²) in [7, 11) is -1.90. The fourth-order valence-corrected chi connectivity index (χ4v) is 5.45. The molecule has 3 heterocycles. The van der Waals surface area contributed by atoms with Crippen LogP contribution in [-0.4, -0.2) is 40.6 Å². The predicted molar refractivity (Wildman–Crippen MR) is 104 cm³/mol. The van der Waals surface area contributed by atoms with E-state index in [1.807, 2.05) is 0 Å². The quantitative estimate of drug-likeness (QED) is 0.636. The zero-order valence-corrected chi connectivity index (χ0v) is 17.2. The van der Waals surface area contributed by atoms with Crippen molar-refractivity contribution in [2.24, 2.45) is 7.05 Å². The number of rotatable bonds is 5. The molecule has 0 radical (unpaired) electrons. The highest BCUT2D eigenvalue weighted by Crippen LogP contribution is 2.31. The van der Waals surface area contributed by atoms with Gasteiger partial charge < -0.3 is 4.42 Å². The van der Waals surface area contributed by atoms with Crippen molar-refractivity contribution in [1.29, 1.82) is 0 Å². The minimum Gasteiger partial charge on any atom is -0.445 e. The van der Waals surface area contributed by atoms with Crippen LogP contribution >= 0.6 is 0 Å². The van der Waals surface area contributed by atoms with Crippen molar-refractivity contribution in [2.75, 3.05) is 13.1 Å². The minimum atomic E-state index is -3.61. The van der Waals surface area contributed by atoms with Crippen molar-refractivity contribution in [3.63, 3.8) is 0 Å². The van der Waals surface area contributed by atoms with Gasteiger partial charge in [0.05, 0.1) is 11.9 Å². The molecule has 0 aliphatic carbocycles. The molecule has 1 aliphatic heterocycles. The molecule has 0 amide bonds. The van der Waals surface area contributed by atoms with Gasteiger partial charge in [-0.1, -0.05) is 12.1 Å². The Morgan fingerprint density at radius 2 is 2.03 bits per heavy atom. The molecule has 1 atom stereocenters. The standard InChI is InChI=1S/C20H23FN4O3S/c1-14-19(13-24(2)23-14)29(26,27)25-9-3-4-16(12-25)20-22-11-18(28-20)10-15-5-7-17(21)8-6-15/h5-8,11,13,16H,3-4,9-10,12H2,1-2H3/t16-/m0/s1. The third kappa shape index (κ3) is 4.11. The Bertz CT molecular complexity index is 1110. The summed E-state index contributed by atoms with van der Waals surface area (Å²) in [5.41, 5.74) is 1.42. The van der Waals surface area contributed by atoms with Crippen LogP contribution < -0.4 is 0 Å². The van der Waals surface area contributed by atoms with Crippen LogP contribution in [0, 0.1) is 12.7 Å². The van der Waals surface area contributed by atoms with E-state index in [2.05, 4.69) is 10.1 Å². The number of halogens is 1. The molecule has 9 heteroatoms. The Hall–Kier alpha value is -2.52. The van der Waals surface area contributed by atoms with Crippen LogP contribution in [0.3, 0.4) is 0 Å². The largest absolute Gasteiger partial charge is 0.445 e. The molecular formula is C20H23FN4O3S. The van der Waals surface area contributed by atoms with Gasteiger partial charge in [0.15, 0.2) is 5.89 Å². The number of aromatic nitrogens is 3. The number of nitrogens with zero attached hydrogens (tertiary/aromatic N) is 4. The molecule has 0 unspecified atom stereocenters. The summed E-state index contributed by atoms with van der Waals surface area (Å²) < 4.78 is 48.1.